The molecule has 2 aliphatic rings. The molecule has 2 aliphatic heterocycles. The summed E-state index contributed by atoms with van der Waals surface area (Å²) in [5.41, 5.74) is 2.97. The minimum atomic E-state index is -0.214. The summed E-state index contributed by atoms with van der Waals surface area (Å²) in [4.78, 5) is 32.1. The Morgan fingerprint density at radius 2 is 1.47 bits per heavy atom. The minimum Gasteiger partial charge on any atom is -0.493 e. The van der Waals surface area contributed by atoms with E-state index in [4.69, 9.17) is 4.74 Å². The summed E-state index contributed by atoms with van der Waals surface area (Å²) in [5, 5.41) is 0. The number of hydrogen-bond donors (Lipinski definition) is 0. The molecule has 0 aromatic heterocycles. The lowest BCUT2D eigenvalue weighted by Gasteiger charge is -2.37. The molecule has 0 aliphatic carbocycles. The van der Waals surface area contributed by atoms with Gasteiger partial charge < -0.3 is 14.5 Å². The first kappa shape index (κ1) is 21.9. The molecule has 0 atom stereocenters. The number of anilines is 1. The Balaban J connectivity index is 1.58. The highest BCUT2D eigenvalue weighted by Gasteiger charge is 2.41. The molecular weight excluding hydrogens is 402 g/mol. The number of likely N-dealkylation sites (N-methyl/N-ethyl adjacent to an activating group) is 1. The van der Waals surface area contributed by atoms with Gasteiger partial charge in [-0.3, -0.25) is 14.5 Å². The van der Waals surface area contributed by atoms with Crippen LogP contribution >= 0.6 is 0 Å². The van der Waals surface area contributed by atoms with Crippen molar-refractivity contribution < 1.29 is 14.3 Å². The number of hydrogen-bond acceptors (Lipinski definition) is 5. The fraction of sp³-hybridized carbons (Fsp3) is 0.385. The van der Waals surface area contributed by atoms with Gasteiger partial charge in [0.1, 0.15) is 11.4 Å². The number of para-hydroxylation sites is 1. The van der Waals surface area contributed by atoms with Crippen LogP contribution in [0.15, 0.2) is 60.3 Å². The first-order valence-corrected chi connectivity index (χ1v) is 11.4. The molecule has 0 N–H and O–H groups in total. The van der Waals surface area contributed by atoms with Crippen molar-refractivity contribution in [1.82, 2.24) is 9.80 Å². The topological polar surface area (TPSA) is 53.1 Å². The van der Waals surface area contributed by atoms with Gasteiger partial charge in [-0.1, -0.05) is 44.2 Å². The van der Waals surface area contributed by atoms with Crippen LogP contribution in [-0.4, -0.2) is 60.9 Å². The zero-order valence-electron chi connectivity index (χ0n) is 19.1. The van der Waals surface area contributed by atoms with Crippen LogP contribution in [0.3, 0.4) is 0 Å². The second kappa shape index (κ2) is 9.47. The van der Waals surface area contributed by atoms with Crippen LogP contribution in [0.2, 0.25) is 0 Å². The lowest BCUT2D eigenvalue weighted by molar-refractivity contribution is -0.137. The van der Waals surface area contributed by atoms with E-state index in [2.05, 4.69) is 35.8 Å². The molecule has 4 rings (SSSR count). The van der Waals surface area contributed by atoms with Crippen molar-refractivity contribution in [2.75, 3.05) is 44.2 Å². The van der Waals surface area contributed by atoms with Gasteiger partial charge in [-0.25, -0.2) is 0 Å². The quantitative estimate of drug-likeness (QED) is 0.624. The second-order valence-corrected chi connectivity index (χ2v) is 8.62. The molecule has 2 heterocycles. The SMILES string of the molecule is CCN1C(=O)C(c2ccc(OCC(C)C)cc2)=C(N2CCN(c3ccccc3)CC2)C1=O. The zero-order chi connectivity index (χ0) is 22.7. The molecule has 2 aromatic carbocycles. The lowest BCUT2D eigenvalue weighted by atomic mass is 10.0. The minimum absolute atomic E-state index is 0.194. The molecular formula is C26H31N3O3. The molecule has 0 unspecified atom stereocenters. The summed E-state index contributed by atoms with van der Waals surface area (Å²) in [6, 6.07) is 17.8. The molecule has 0 spiro atoms. The van der Waals surface area contributed by atoms with E-state index >= 15 is 0 Å². The molecule has 6 heteroatoms. The molecule has 2 amide bonds. The summed E-state index contributed by atoms with van der Waals surface area (Å²) in [7, 11) is 0. The molecule has 0 radical (unpaired) electrons. The van der Waals surface area contributed by atoms with Crippen LogP contribution in [-0.2, 0) is 9.59 Å². The van der Waals surface area contributed by atoms with E-state index in [0.717, 1.165) is 24.4 Å². The Morgan fingerprint density at radius 3 is 2.06 bits per heavy atom. The number of imide groups is 1. The molecule has 2 aromatic rings. The van der Waals surface area contributed by atoms with Gasteiger partial charge in [0.25, 0.3) is 11.8 Å². The van der Waals surface area contributed by atoms with E-state index in [9.17, 15) is 9.59 Å². The van der Waals surface area contributed by atoms with Crippen molar-refractivity contribution >= 4 is 23.1 Å². The standard InChI is InChI=1S/C26H31N3O3/c1-4-29-25(30)23(20-10-12-22(13-11-20)32-18-19(2)3)24(26(29)31)28-16-14-27(15-17-28)21-8-6-5-7-9-21/h5-13,19H,4,14-18H2,1-3H3. The molecule has 1 saturated heterocycles. The number of piperazine rings is 1. The van der Waals surface area contributed by atoms with Crippen molar-refractivity contribution in [3.8, 4) is 5.75 Å². The Kier molecular flexibility index (Phi) is 6.49. The highest BCUT2D eigenvalue weighted by Crippen LogP contribution is 2.33. The molecule has 6 nitrogen and oxygen atoms in total. The van der Waals surface area contributed by atoms with E-state index < -0.39 is 0 Å². The predicted octanol–water partition coefficient (Wildman–Crippen LogP) is 3.64. The van der Waals surface area contributed by atoms with Gasteiger partial charge in [-0.15, -0.1) is 0 Å². The maximum Gasteiger partial charge on any atom is 0.277 e. The summed E-state index contributed by atoms with van der Waals surface area (Å²) in [6.45, 7) is 10.0. The number of ether oxygens (including phenoxy) is 1. The van der Waals surface area contributed by atoms with Crippen molar-refractivity contribution in [3.05, 3.63) is 65.9 Å². The van der Waals surface area contributed by atoms with E-state index in [1.165, 1.54) is 10.6 Å². The van der Waals surface area contributed by atoms with Crippen LogP contribution < -0.4 is 9.64 Å². The van der Waals surface area contributed by atoms with Crippen LogP contribution in [0.5, 0.6) is 5.75 Å². The predicted molar refractivity (Wildman–Crippen MR) is 126 cm³/mol. The van der Waals surface area contributed by atoms with Gasteiger partial charge in [0.15, 0.2) is 0 Å². The number of amides is 2. The lowest BCUT2D eigenvalue weighted by Crippen LogP contribution is -2.47. The fourth-order valence-electron chi connectivity index (χ4n) is 4.21. The number of nitrogens with zero attached hydrogens (tertiary/aromatic N) is 3. The van der Waals surface area contributed by atoms with Gasteiger partial charge in [-0.05, 0) is 42.7 Å². The molecule has 168 valence electrons. The van der Waals surface area contributed by atoms with Crippen molar-refractivity contribution in [1.29, 1.82) is 0 Å². The third-order valence-corrected chi connectivity index (χ3v) is 5.90. The third-order valence-electron chi connectivity index (χ3n) is 5.90. The highest BCUT2D eigenvalue weighted by molar-refractivity contribution is 6.35. The average Bonchev–Trinajstić information content (AvgIpc) is 3.08. The smallest absolute Gasteiger partial charge is 0.277 e. The van der Waals surface area contributed by atoms with Crippen LogP contribution in [0.25, 0.3) is 5.57 Å². The second-order valence-electron chi connectivity index (χ2n) is 8.62. The summed E-state index contributed by atoms with van der Waals surface area (Å²) in [5.74, 6) is 0.797. The monoisotopic (exact) mass is 433 g/mol. The van der Waals surface area contributed by atoms with Gasteiger partial charge in [0.05, 0.1) is 12.2 Å². The fourth-order valence-corrected chi connectivity index (χ4v) is 4.21. The zero-order valence-corrected chi connectivity index (χ0v) is 19.1. The van der Waals surface area contributed by atoms with Gasteiger partial charge in [0.2, 0.25) is 0 Å². The molecule has 1 fully saturated rings. The summed E-state index contributed by atoms with van der Waals surface area (Å²) in [6.07, 6.45) is 0. The largest absolute Gasteiger partial charge is 0.493 e. The van der Waals surface area contributed by atoms with Crippen molar-refractivity contribution in [3.63, 3.8) is 0 Å². The first-order valence-electron chi connectivity index (χ1n) is 11.4. The Bertz CT molecular complexity index is 991. The normalized spacial score (nSPS) is 17.1. The van der Waals surface area contributed by atoms with Crippen LogP contribution in [0.1, 0.15) is 26.3 Å². The number of rotatable bonds is 7. The molecule has 0 bridgehead atoms. The maximum atomic E-state index is 13.2. The van der Waals surface area contributed by atoms with Gasteiger partial charge >= 0.3 is 0 Å². The number of carbonyl (C=O) groups excluding carboxylic acids is 2. The summed E-state index contributed by atoms with van der Waals surface area (Å²) >= 11 is 0. The van der Waals surface area contributed by atoms with Gasteiger partial charge in [-0.2, -0.15) is 0 Å². The first-order chi connectivity index (χ1) is 15.5. The third kappa shape index (κ3) is 4.35. The molecule has 32 heavy (non-hydrogen) atoms. The van der Waals surface area contributed by atoms with Gasteiger partial charge in [0, 0.05) is 38.4 Å². The number of carbonyl (C=O) groups is 2. The summed E-state index contributed by atoms with van der Waals surface area (Å²) < 4.78 is 5.78. The number of benzene rings is 2. The average molecular weight is 434 g/mol. The Morgan fingerprint density at radius 1 is 0.844 bits per heavy atom. The maximum absolute atomic E-state index is 13.2. The highest BCUT2D eigenvalue weighted by atomic mass is 16.5. The van der Waals surface area contributed by atoms with E-state index in [1.807, 2.05) is 49.4 Å². The Labute approximate surface area is 190 Å². The van der Waals surface area contributed by atoms with Crippen LogP contribution in [0.4, 0.5) is 5.69 Å². The molecule has 0 saturated carbocycles. The van der Waals surface area contributed by atoms with Crippen molar-refractivity contribution in [2.45, 2.75) is 20.8 Å². The van der Waals surface area contributed by atoms with E-state index in [1.54, 1.807) is 0 Å². The van der Waals surface area contributed by atoms with Crippen LogP contribution in [0, 0.1) is 5.92 Å². The van der Waals surface area contributed by atoms with E-state index in [0.29, 0.717) is 43.4 Å². The Hall–Kier alpha value is -3.28. The van der Waals surface area contributed by atoms with Crippen molar-refractivity contribution in [2.24, 2.45) is 5.92 Å². The van der Waals surface area contributed by atoms with E-state index in [-0.39, 0.29) is 11.8 Å².